The number of carbonyl (C=O) groups is 1. The fourth-order valence-electron chi connectivity index (χ4n) is 3.95. The van der Waals surface area contributed by atoms with E-state index in [4.69, 9.17) is 4.99 Å². The number of nitrogens with one attached hydrogen (secondary N) is 1. The van der Waals surface area contributed by atoms with Crippen LogP contribution in [0.25, 0.3) is 0 Å². The van der Waals surface area contributed by atoms with Crippen molar-refractivity contribution < 1.29 is 4.79 Å². The van der Waals surface area contributed by atoms with Crippen LogP contribution in [0.15, 0.2) is 29.3 Å². The summed E-state index contributed by atoms with van der Waals surface area (Å²) < 4.78 is 0. The second-order valence-corrected chi connectivity index (χ2v) is 8.07. The van der Waals surface area contributed by atoms with Crippen LogP contribution in [-0.2, 0) is 17.9 Å². The molecule has 1 fully saturated rings. The van der Waals surface area contributed by atoms with E-state index in [9.17, 15) is 4.79 Å². The maximum absolute atomic E-state index is 12.5. The first-order chi connectivity index (χ1) is 15.0. The molecule has 1 saturated heterocycles. The van der Waals surface area contributed by atoms with Gasteiger partial charge in [-0.3, -0.25) is 9.69 Å². The first-order valence-electron chi connectivity index (χ1n) is 11.8. The molecule has 0 bridgehead atoms. The van der Waals surface area contributed by atoms with Gasteiger partial charge in [0.25, 0.3) is 0 Å². The van der Waals surface area contributed by atoms with E-state index in [0.717, 1.165) is 64.9 Å². The van der Waals surface area contributed by atoms with Crippen LogP contribution in [0.3, 0.4) is 0 Å². The number of piperazine rings is 1. The molecule has 1 aromatic carbocycles. The molecule has 1 aromatic rings. The molecule has 1 amide bonds. The monoisotopic (exact) mass is 558 g/mol. The molecule has 0 radical (unpaired) electrons. The lowest BCUT2D eigenvalue weighted by Crippen LogP contribution is -2.46. The number of rotatable bonds is 10. The van der Waals surface area contributed by atoms with Gasteiger partial charge in [0.05, 0.1) is 13.1 Å². The molecule has 1 aliphatic heterocycles. The minimum absolute atomic E-state index is 0. The first-order valence-corrected chi connectivity index (χ1v) is 11.8. The van der Waals surface area contributed by atoms with Gasteiger partial charge in [-0.2, -0.15) is 0 Å². The van der Waals surface area contributed by atoms with Crippen LogP contribution < -0.4 is 5.32 Å². The minimum atomic E-state index is 0. The van der Waals surface area contributed by atoms with Gasteiger partial charge in [0.15, 0.2) is 5.96 Å². The summed E-state index contributed by atoms with van der Waals surface area (Å²) in [7, 11) is 1.93. The van der Waals surface area contributed by atoms with Crippen molar-refractivity contribution in [3.05, 3.63) is 35.4 Å². The molecule has 0 spiro atoms. The Labute approximate surface area is 212 Å². The van der Waals surface area contributed by atoms with Gasteiger partial charge in [-0.05, 0) is 38.4 Å². The molecule has 1 heterocycles. The lowest BCUT2D eigenvalue weighted by Gasteiger charge is -2.34. The number of halogens is 1. The predicted octanol–water partition coefficient (Wildman–Crippen LogP) is 2.71. The van der Waals surface area contributed by atoms with Gasteiger partial charge in [0, 0.05) is 59.4 Å². The number of benzene rings is 1. The van der Waals surface area contributed by atoms with Crippen molar-refractivity contribution in [2.45, 2.75) is 40.8 Å². The van der Waals surface area contributed by atoms with Gasteiger partial charge < -0.3 is 20.0 Å². The van der Waals surface area contributed by atoms with Crippen molar-refractivity contribution in [1.29, 1.82) is 0 Å². The van der Waals surface area contributed by atoms with Crippen LogP contribution in [0.2, 0.25) is 0 Å². The molecule has 182 valence electrons. The molecular weight excluding hydrogens is 515 g/mol. The molecule has 0 aromatic heterocycles. The molecule has 2 rings (SSSR count). The Hall–Kier alpha value is -1.39. The summed E-state index contributed by atoms with van der Waals surface area (Å²) in [4.78, 5) is 26.2. The Morgan fingerprint density at radius 3 is 2.16 bits per heavy atom. The summed E-state index contributed by atoms with van der Waals surface area (Å²) in [5.41, 5.74) is 2.59. The maximum atomic E-state index is 12.5. The highest BCUT2D eigenvalue weighted by Crippen LogP contribution is 2.15. The van der Waals surface area contributed by atoms with Crippen LogP contribution in [0, 0.1) is 0 Å². The lowest BCUT2D eigenvalue weighted by atomic mass is 10.1. The SMILES string of the molecule is CCNC(=NCc1ccccc1CN1CCN(CC)CC1)N(C)CC(=O)N(CC)CC.I. The third-order valence-corrected chi connectivity index (χ3v) is 6.01. The number of nitrogens with zero attached hydrogens (tertiary/aromatic N) is 5. The van der Waals surface area contributed by atoms with E-state index in [0.29, 0.717) is 13.1 Å². The van der Waals surface area contributed by atoms with Gasteiger partial charge in [-0.1, -0.05) is 31.2 Å². The Morgan fingerprint density at radius 2 is 1.59 bits per heavy atom. The highest BCUT2D eigenvalue weighted by Gasteiger charge is 2.17. The smallest absolute Gasteiger partial charge is 0.242 e. The standard InChI is InChI=1S/C24H42N6O.HI/c1-6-25-24(27(5)20-23(31)30(8-3)9-4)26-18-21-12-10-11-13-22(21)19-29-16-14-28(7-2)15-17-29;/h10-13H,6-9,14-20H2,1-5H3,(H,25,26);1H. The van der Waals surface area contributed by atoms with Gasteiger partial charge >= 0.3 is 0 Å². The predicted molar refractivity (Wildman–Crippen MR) is 145 cm³/mol. The third kappa shape index (κ3) is 8.86. The fraction of sp³-hybridized carbons (Fsp3) is 0.667. The zero-order valence-corrected chi connectivity index (χ0v) is 23.0. The van der Waals surface area contributed by atoms with E-state index in [1.54, 1.807) is 0 Å². The van der Waals surface area contributed by atoms with E-state index < -0.39 is 0 Å². The molecule has 0 aliphatic carbocycles. The maximum Gasteiger partial charge on any atom is 0.242 e. The summed E-state index contributed by atoms with van der Waals surface area (Å²) in [5.74, 6) is 0.902. The molecule has 1 aliphatic rings. The zero-order valence-electron chi connectivity index (χ0n) is 20.6. The second kappa shape index (κ2) is 15.4. The molecule has 1 N–H and O–H groups in total. The molecule has 0 unspecified atom stereocenters. The van der Waals surface area contributed by atoms with E-state index in [1.807, 2.05) is 30.7 Å². The quantitative estimate of drug-likeness (QED) is 0.272. The normalized spacial score (nSPS) is 15.2. The largest absolute Gasteiger partial charge is 0.357 e. The highest BCUT2D eigenvalue weighted by molar-refractivity contribution is 14.0. The van der Waals surface area contributed by atoms with Crippen LogP contribution in [0.5, 0.6) is 0 Å². The zero-order chi connectivity index (χ0) is 22.6. The summed E-state index contributed by atoms with van der Waals surface area (Å²) in [6, 6.07) is 8.60. The number of aliphatic imine (C=N–C) groups is 1. The number of hydrogen-bond donors (Lipinski definition) is 1. The van der Waals surface area contributed by atoms with Gasteiger partial charge in [0.1, 0.15) is 0 Å². The topological polar surface area (TPSA) is 54.4 Å². The number of hydrogen-bond acceptors (Lipinski definition) is 4. The average molecular weight is 559 g/mol. The lowest BCUT2D eigenvalue weighted by molar-refractivity contribution is -0.131. The Balaban J connectivity index is 0.00000512. The summed E-state index contributed by atoms with van der Waals surface area (Å²) in [6.07, 6.45) is 0. The summed E-state index contributed by atoms with van der Waals surface area (Å²) >= 11 is 0. The van der Waals surface area contributed by atoms with Crippen molar-refractivity contribution in [3.8, 4) is 0 Å². The molecule has 7 nitrogen and oxygen atoms in total. The van der Waals surface area contributed by atoms with E-state index in [-0.39, 0.29) is 29.9 Å². The Bertz CT molecular complexity index is 701. The number of likely N-dealkylation sites (N-methyl/N-ethyl adjacent to an activating group) is 3. The number of carbonyl (C=O) groups excluding carboxylic acids is 1. The Morgan fingerprint density at radius 1 is 1.00 bits per heavy atom. The van der Waals surface area contributed by atoms with Gasteiger partial charge in [-0.25, -0.2) is 4.99 Å². The molecule has 8 heteroatoms. The summed E-state index contributed by atoms with van der Waals surface area (Å²) in [5, 5.41) is 3.33. The molecular formula is C24H43IN6O. The molecule has 0 atom stereocenters. The van der Waals surface area contributed by atoms with Crippen LogP contribution >= 0.6 is 24.0 Å². The van der Waals surface area contributed by atoms with Crippen molar-refractivity contribution in [3.63, 3.8) is 0 Å². The van der Waals surface area contributed by atoms with E-state index in [2.05, 4.69) is 53.2 Å². The van der Waals surface area contributed by atoms with Crippen molar-refractivity contribution >= 4 is 35.8 Å². The van der Waals surface area contributed by atoms with Crippen molar-refractivity contribution in [1.82, 2.24) is 24.9 Å². The summed E-state index contributed by atoms with van der Waals surface area (Å²) in [6.45, 7) is 18.1. The van der Waals surface area contributed by atoms with Gasteiger partial charge in [0.2, 0.25) is 5.91 Å². The van der Waals surface area contributed by atoms with E-state index >= 15 is 0 Å². The van der Waals surface area contributed by atoms with E-state index in [1.165, 1.54) is 11.1 Å². The van der Waals surface area contributed by atoms with Crippen molar-refractivity contribution in [2.75, 3.05) is 66.0 Å². The number of guanidine groups is 1. The minimum Gasteiger partial charge on any atom is -0.357 e. The first kappa shape index (κ1) is 28.6. The number of amides is 1. The highest BCUT2D eigenvalue weighted by atomic mass is 127. The Kier molecular flexibility index (Phi) is 13.8. The molecule has 0 saturated carbocycles. The van der Waals surface area contributed by atoms with Crippen LogP contribution in [-0.4, -0.2) is 97.4 Å². The third-order valence-electron chi connectivity index (χ3n) is 6.01. The molecule has 32 heavy (non-hydrogen) atoms. The van der Waals surface area contributed by atoms with Gasteiger partial charge in [-0.15, -0.1) is 24.0 Å². The average Bonchev–Trinajstić information content (AvgIpc) is 2.78. The van der Waals surface area contributed by atoms with Crippen molar-refractivity contribution in [2.24, 2.45) is 4.99 Å². The second-order valence-electron chi connectivity index (χ2n) is 8.07. The fourth-order valence-corrected chi connectivity index (χ4v) is 3.95. The van der Waals surface area contributed by atoms with Crippen LogP contribution in [0.4, 0.5) is 0 Å². The van der Waals surface area contributed by atoms with Crippen LogP contribution in [0.1, 0.15) is 38.8 Å².